The molecular formula is C31H32N2. The molecule has 4 aromatic rings. The lowest BCUT2D eigenvalue weighted by Gasteiger charge is -2.23. The minimum Gasteiger partial charge on any atom is -0.330 e. The fraction of sp³-hybridized carbons (Fsp3) is 0.226. The van der Waals surface area contributed by atoms with Crippen molar-refractivity contribution in [1.82, 2.24) is 0 Å². The summed E-state index contributed by atoms with van der Waals surface area (Å²) in [5.41, 5.74) is 24.6. The minimum atomic E-state index is -0.0551. The summed E-state index contributed by atoms with van der Waals surface area (Å²) >= 11 is 0. The molecule has 0 fully saturated rings. The molecule has 0 unspecified atom stereocenters. The van der Waals surface area contributed by atoms with Crippen LogP contribution in [0, 0.1) is 0 Å². The maximum Gasteiger partial charge on any atom is 0.0159 e. The van der Waals surface area contributed by atoms with E-state index in [9.17, 15) is 0 Å². The molecule has 0 aliphatic heterocycles. The maximum atomic E-state index is 5.78. The molecule has 1 aliphatic rings. The largest absolute Gasteiger partial charge is 0.330 e. The van der Waals surface area contributed by atoms with Crippen LogP contribution >= 0.6 is 0 Å². The molecule has 0 saturated carbocycles. The summed E-state index contributed by atoms with van der Waals surface area (Å²) in [6.07, 6.45) is 1.82. The Bertz CT molecular complexity index is 1220. The van der Waals surface area contributed by atoms with Crippen LogP contribution in [0.5, 0.6) is 0 Å². The number of nitrogens with two attached hydrogens (primary N) is 2. The number of rotatable bonds is 6. The summed E-state index contributed by atoms with van der Waals surface area (Å²) in [5, 5.41) is 0. The lowest BCUT2D eigenvalue weighted by Crippen LogP contribution is -2.15. The van der Waals surface area contributed by atoms with Crippen LogP contribution in [0.15, 0.2) is 84.9 Å². The van der Waals surface area contributed by atoms with Crippen molar-refractivity contribution in [2.45, 2.75) is 32.1 Å². The first kappa shape index (κ1) is 21.6. The van der Waals surface area contributed by atoms with Crippen LogP contribution < -0.4 is 11.5 Å². The molecule has 0 aromatic heterocycles. The smallest absolute Gasteiger partial charge is 0.0159 e. The Hall–Kier alpha value is -3.20. The van der Waals surface area contributed by atoms with E-state index >= 15 is 0 Å². The molecule has 0 radical (unpaired) electrons. The van der Waals surface area contributed by atoms with Gasteiger partial charge < -0.3 is 11.5 Å². The van der Waals surface area contributed by atoms with Gasteiger partial charge in [-0.25, -0.2) is 0 Å². The molecule has 1 aliphatic carbocycles. The zero-order valence-corrected chi connectivity index (χ0v) is 19.6. The van der Waals surface area contributed by atoms with Crippen molar-refractivity contribution in [2.75, 3.05) is 13.1 Å². The van der Waals surface area contributed by atoms with Crippen LogP contribution in [-0.2, 0) is 18.3 Å². The monoisotopic (exact) mass is 432 g/mol. The summed E-state index contributed by atoms with van der Waals surface area (Å²) in [7, 11) is 0. The van der Waals surface area contributed by atoms with Gasteiger partial charge in [-0.3, -0.25) is 0 Å². The van der Waals surface area contributed by atoms with Crippen molar-refractivity contribution in [3.8, 4) is 33.4 Å². The Balaban J connectivity index is 1.55. The molecule has 0 bridgehead atoms. The second-order valence-electron chi connectivity index (χ2n) is 9.62. The van der Waals surface area contributed by atoms with Crippen molar-refractivity contribution >= 4 is 0 Å². The first-order chi connectivity index (χ1) is 16.0. The Morgan fingerprint density at radius 3 is 1.39 bits per heavy atom. The van der Waals surface area contributed by atoms with Gasteiger partial charge in [-0.15, -0.1) is 0 Å². The lowest BCUT2D eigenvalue weighted by atomic mass is 9.80. The van der Waals surface area contributed by atoms with E-state index in [1.807, 2.05) is 0 Å². The van der Waals surface area contributed by atoms with Crippen LogP contribution in [0.1, 0.15) is 36.1 Å². The molecule has 0 atom stereocenters. The number of benzene rings is 4. The van der Waals surface area contributed by atoms with Crippen molar-refractivity contribution in [2.24, 2.45) is 11.5 Å². The molecule has 0 heterocycles. The SMILES string of the molecule is CC1(C)c2cc(-c3cccc(CCN)c3)ccc2-c2ccc(-c3cccc(CCN)c3)cc21. The van der Waals surface area contributed by atoms with E-state index in [4.69, 9.17) is 11.5 Å². The third-order valence-corrected chi connectivity index (χ3v) is 7.06. The topological polar surface area (TPSA) is 52.0 Å². The van der Waals surface area contributed by atoms with Crippen LogP contribution in [0.4, 0.5) is 0 Å². The number of hydrogen-bond donors (Lipinski definition) is 2. The van der Waals surface area contributed by atoms with Crippen molar-refractivity contribution in [1.29, 1.82) is 0 Å². The molecule has 166 valence electrons. The van der Waals surface area contributed by atoms with Gasteiger partial charge in [0.05, 0.1) is 0 Å². The molecule has 0 saturated heterocycles. The third-order valence-electron chi connectivity index (χ3n) is 7.06. The molecule has 5 rings (SSSR count). The van der Waals surface area contributed by atoms with Gasteiger partial charge in [-0.05, 0) is 93.7 Å². The van der Waals surface area contributed by atoms with Gasteiger partial charge in [0.1, 0.15) is 0 Å². The standard InChI is InChI=1S/C31H32N2/c1-31(2)29-19-25(23-7-3-5-21(17-23)13-15-32)9-11-27(29)28-12-10-26(20-30(28)31)24-8-4-6-22(18-24)14-16-33/h3-12,17-20H,13-16,32-33H2,1-2H3. The normalized spacial score (nSPS) is 13.6. The zero-order chi connectivity index (χ0) is 23.0. The molecule has 2 nitrogen and oxygen atoms in total. The van der Waals surface area contributed by atoms with Crippen LogP contribution in [0.3, 0.4) is 0 Å². The Labute approximate surface area is 197 Å². The van der Waals surface area contributed by atoms with Gasteiger partial charge in [-0.1, -0.05) is 86.6 Å². The van der Waals surface area contributed by atoms with Crippen LogP contribution in [0.25, 0.3) is 33.4 Å². The van der Waals surface area contributed by atoms with E-state index in [1.165, 1.54) is 55.6 Å². The highest BCUT2D eigenvalue weighted by Crippen LogP contribution is 2.50. The predicted molar refractivity (Wildman–Crippen MR) is 140 cm³/mol. The van der Waals surface area contributed by atoms with Gasteiger partial charge in [0.15, 0.2) is 0 Å². The second kappa shape index (κ2) is 8.62. The summed E-state index contributed by atoms with van der Waals surface area (Å²) in [5.74, 6) is 0. The summed E-state index contributed by atoms with van der Waals surface area (Å²) in [6.45, 7) is 6.04. The van der Waals surface area contributed by atoms with Crippen LogP contribution in [0.2, 0.25) is 0 Å². The summed E-state index contributed by atoms with van der Waals surface area (Å²) in [6, 6.07) is 31.4. The number of fused-ring (bicyclic) bond motifs is 3. The molecule has 0 spiro atoms. The molecule has 2 heteroatoms. The maximum absolute atomic E-state index is 5.78. The first-order valence-corrected chi connectivity index (χ1v) is 11.9. The number of hydrogen-bond acceptors (Lipinski definition) is 2. The third kappa shape index (κ3) is 3.90. The quantitative estimate of drug-likeness (QED) is 0.374. The van der Waals surface area contributed by atoms with Gasteiger partial charge in [0.25, 0.3) is 0 Å². The first-order valence-electron chi connectivity index (χ1n) is 11.9. The Morgan fingerprint density at radius 2 is 0.970 bits per heavy atom. The van der Waals surface area contributed by atoms with E-state index in [-0.39, 0.29) is 5.41 Å². The Kier molecular flexibility index (Phi) is 5.65. The Morgan fingerprint density at radius 1 is 0.545 bits per heavy atom. The van der Waals surface area contributed by atoms with E-state index in [2.05, 4.69) is 98.8 Å². The van der Waals surface area contributed by atoms with E-state index in [0.29, 0.717) is 13.1 Å². The van der Waals surface area contributed by atoms with E-state index in [1.54, 1.807) is 0 Å². The average Bonchev–Trinajstić information content (AvgIpc) is 3.06. The van der Waals surface area contributed by atoms with Crippen molar-refractivity contribution in [3.05, 3.63) is 107 Å². The average molecular weight is 433 g/mol. The van der Waals surface area contributed by atoms with Gasteiger partial charge in [0, 0.05) is 5.41 Å². The second-order valence-corrected chi connectivity index (χ2v) is 9.62. The zero-order valence-electron chi connectivity index (χ0n) is 19.6. The van der Waals surface area contributed by atoms with Crippen LogP contribution in [-0.4, -0.2) is 13.1 Å². The van der Waals surface area contributed by atoms with E-state index < -0.39 is 0 Å². The summed E-state index contributed by atoms with van der Waals surface area (Å²) in [4.78, 5) is 0. The van der Waals surface area contributed by atoms with Gasteiger partial charge >= 0.3 is 0 Å². The highest BCUT2D eigenvalue weighted by molar-refractivity contribution is 5.85. The van der Waals surface area contributed by atoms with Gasteiger partial charge in [-0.2, -0.15) is 0 Å². The van der Waals surface area contributed by atoms with E-state index in [0.717, 1.165) is 12.8 Å². The highest BCUT2D eigenvalue weighted by atomic mass is 14.5. The molecule has 4 aromatic carbocycles. The van der Waals surface area contributed by atoms with Gasteiger partial charge in [0.2, 0.25) is 0 Å². The van der Waals surface area contributed by atoms with Crippen molar-refractivity contribution in [3.63, 3.8) is 0 Å². The molecule has 33 heavy (non-hydrogen) atoms. The molecular weight excluding hydrogens is 400 g/mol. The predicted octanol–water partition coefficient (Wildman–Crippen LogP) is 6.33. The fourth-order valence-corrected chi connectivity index (χ4v) is 5.24. The molecule has 4 N–H and O–H groups in total. The highest BCUT2D eigenvalue weighted by Gasteiger charge is 2.35. The summed E-state index contributed by atoms with van der Waals surface area (Å²) < 4.78 is 0. The van der Waals surface area contributed by atoms with Crippen molar-refractivity contribution < 1.29 is 0 Å². The lowest BCUT2D eigenvalue weighted by molar-refractivity contribution is 0.661. The molecule has 0 amide bonds. The minimum absolute atomic E-state index is 0.0551. The fourth-order valence-electron chi connectivity index (χ4n) is 5.24.